The van der Waals surface area contributed by atoms with E-state index >= 15 is 0 Å². The normalized spacial score (nSPS) is 11.8. The minimum Gasteiger partial charge on any atom is -0.487 e. The van der Waals surface area contributed by atoms with Crippen LogP contribution in [0.2, 0.25) is 5.02 Å². The van der Waals surface area contributed by atoms with Gasteiger partial charge in [-0.25, -0.2) is 18.1 Å². The topological polar surface area (TPSA) is 84.4 Å². The molecule has 0 saturated heterocycles. The van der Waals surface area contributed by atoms with Crippen molar-refractivity contribution in [1.82, 2.24) is 14.7 Å². The average molecular weight is 473 g/mol. The first kappa shape index (κ1) is 23.7. The van der Waals surface area contributed by atoms with Gasteiger partial charge >= 0.3 is 0 Å². The molecule has 2 aromatic heterocycles. The molecule has 0 atom stereocenters. The molecule has 0 fully saturated rings. The zero-order valence-electron chi connectivity index (χ0n) is 18.2. The summed E-state index contributed by atoms with van der Waals surface area (Å²) in [6.07, 6.45) is 9.77. The third kappa shape index (κ3) is 5.64. The molecule has 9 heteroatoms. The Morgan fingerprint density at radius 3 is 2.78 bits per heavy atom. The van der Waals surface area contributed by atoms with Crippen molar-refractivity contribution in [3.8, 4) is 5.75 Å². The fourth-order valence-electron chi connectivity index (χ4n) is 3.23. The molecule has 2 heterocycles. The molecular weight excluding hydrogens is 448 g/mol. The third-order valence-corrected chi connectivity index (χ3v) is 5.68. The highest BCUT2D eigenvalue weighted by atomic mass is 35.5. The summed E-state index contributed by atoms with van der Waals surface area (Å²) in [7, 11) is -3.36. The molecule has 3 rings (SSSR count). The van der Waals surface area contributed by atoms with Gasteiger partial charge in [-0.15, -0.1) is 0 Å². The van der Waals surface area contributed by atoms with Gasteiger partial charge in [-0.3, -0.25) is 4.98 Å². The first-order chi connectivity index (χ1) is 15.2. The predicted octanol–water partition coefficient (Wildman–Crippen LogP) is 4.70. The molecule has 0 bridgehead atoms. The van der Waals surface area contributed by atoms with Crippen LogP contribution in [-0.4, -0.2) is 24.6 Å². The van der Waals surface area contributed by atoms with E-state index in [2.05, 4.69) is 16.3 Å². The molecule has 32 heavy (non-hydrogen) atoms. The van der Waals surface area contributed by atoms with E-state index in [9.17, 15) is 8.42 Å². The summed E-state index contributed by atoms with van der Waals surface area (Å²) in [5, 5.41) is 1.31. The lowest BCUT2D eigenvalue weighted by atomic mass is 10.1. The summed E-state index contributed by atoms with van der Waals surface area (Å²) in [5.41, 5.74) is 3.77. The second-order valence-corrected chi connectivity index (χ2v) is 9.39. The van der Waals surface area contributed by atoms with E-state index in [1.165, 1.54) is 6.20 Å². The zero-order valence-corrected chi connectivity index (χ0v) is 19.7. The summed E-state index contributed by atoms with van der Waals surface area (Å²) in [5.74, 6) is 0.590. The van der Waals surface area contributed by atoms with E-state index in [-0.39, 0.29) is 13.2 Å². The van der Waals surface area contributed by atoms with Crippen LogP contribution in [0, 0.1) is 6.92 Å². The lowest BCUT2D eigenvalue weighted by molar-refractivity contribution is 0.308. The van der Waals surface area contributed by atoms with E-state index in [1.54, 1.807) is 12.4 Å². The molecular formula is C23H25ClN4O3S. The standard InChI is InChI=1S/C23H25ClN4O3S/c1-5-10-28(6-2)21-11-16(3)27-23-18(21)8-7-9-22(23)31-15-19-17(12-25-14-20(19)24)13-26-32(4,29)30/h5-12,14,26H,2,13,15H2,1,3-4H3/b10-5-. The molecule has 3 aromatic rings. The highest BCUT2D eigenvalue weighted by Crippen LogP contribution is 2.33. The van der Waals surface area contributed by atoms with E-state index < -0.39 is 10.0 Å². The lowest BCUT2D eigenvalue weighted by Crippen LogP contribution is -2.22. The van der Waals surface area contributed by atoms with Crippen LogP contribution in [0.15, 0.2) is 61.7 Å². The van der Waals surface area contributed by atoms with E-state index in [0.29, 0.717) is 27.4 Å². The maximum absolute atomic E-state index is 11.5. The van der Waals surface area contributed by atoms with Crippen LogP contribution in [0.4, 0.5) is 5.69 Å². The largest absolute Gasteiger partial charge is 0.487 e. The molecule has 0 spiro atoms. The van der Waals surface area contributed by atoms with Gasteiger partial charge in [0.25, 0.3) is 0 Å². The Balaban J connectivity index is 1.98. The summed E-state index contributed by atoms with van der Waals surface area (Å²) >= 11 is 6.35. The molecule has 7 nitrogen and oxygen atoms in total. The molecule has 0 amide bonds. The number of allylic oxidation sites excluding steroid dienone is 1. The number of aryl methyl sites for hydroxylation is 1. The maximum atomic E-state index is 11.5. The summed E-state index contributed by atoms with van der Waals surface area (Å²) < 4.78 is 31.6. The highest BCUT2D eigenvalue weighted by molar-refractivity contribution is 7.88. The number of aromatic nitrogens is 2. The van der Waals surface area contributed by atoms with Crippen molar-refractivity contribution in [2.24, 2.45) is 0 Å². The highest BCUT2D eigenvalue weighted by Gasteiger charge is 2.15. The minimum atomic E-state index is -3.36. The molecule has 0 aliphatic rings. The van der Waals surface area contributed by atoms with Gasteiger partial charge < -0.3 is 9.64 Å². The molecule has 0 aliphatic carbocycles. The van der Waals surface area contributed by atoms with Gasteiger partial charge in [-0.05, 0) is 31.5 Å². The van der Waals surface area contributed by atoms with Gasteiger partial charge in [0.05, 0.1) is 17.0 Å². The smallest absolute Gasteiger partial charge is 0.209 e. The molecule has 0 radical (unpaired) electrons. The number of hydrogen-bond acceptors (Lipinski definition) is 6. The summed E-state index contributed by atoms with van der Waals surface area (Å²) in [4.78, 5) is 10.7. The van der Waals surface area contributed by atoms with Crippen molar-refractivity contribution in [2.75, 3.05) is 11.2 Å². The quantitative estimate of drug-likeness (QED) is 0.485. The van der Waals surface area contributed by atoms with Crippen molar-refractivity contribution in [2.45, 2.75) is 27.0 Å². The molecule has 0 unspecified atom stereocenters. The first-order valence-electron chi connectivity index (χ1n) is 9.86. The Bertz CT molecular complexity index is 1280. The molecule has 168 valence electrons. The van der Waals surface area contributed by atoms with Gasteiger partial charge in [-0.1, -0.05) is 36.4 Å². The summed E-state index contributed by atoms with van der Waals surface area (Å²) in [6, 6.07) is 7.71. The third-order valence-electron chi connectivity index (χ3n) is 4.68. The number of ether oxygens (including phenoxy) is 1. The number of para-hydroxylation sites is 1. The summed E-state index contributed by atoms with van der Waals surface area (Å²) in [6.45, 7) is 7.96. The number of nitrogens with one attached hydrogen (secondary N) is 1. The minimum absolute atomic E-state index is 0.0692. The van der Waals surface area contributed by atoms with Gasteiger partial charge in [0.1, 0.15) is 17.9 Å². The van der Waals surface area contributed by atoms with Gasteiger partial charge in [0.15, 0.2) is 0 Å². The Morgan fingerprint density at radius 2 is 2.09 bits per heavy atom. The van der Waals surface area contributed by atoms with Crippen molar-refractivity contribution in [1.29, 1.82) is 0 Å². The number of rotatable bonds is 9. The second kappa shape index (κ2) is 10.1. The van der Waals surface area contributed by atoms with Gasteiger partial charge in [0.2, 0.25) is 10.0 Å². The molecule has 0 saturated carbocycles. The van der Waals surface area contributed by atoms with Crippen LogP contribution in [0.1, 0.15) is 23.7 Å². The first-order valence-corrected chi connectivity index (χ1v) is 12.1. The van der Waals surface area contributed by atoms with Crippen LogP contribution in [0.3, 0.4) is 0 Å². The van der Waals surface area contributed by atoms with Crippen LogP contribution in [0.25, 0.3) is 10.9 Å². The van der Waals surface area contributed by atoms with Crippen LogP contribution in [-0.2, 0) is 23.2 Å². The number of nitrogens with zero attached hydrogens (tertiary/aromatic N) is 3. The predicted molar refractivity (Wildman–Crippen MR) is 129 cm³/mol. The molecule has 1 N–H and O–H groups in total. The SMILES string of the molecule is C=CN(/C=C\C)c1cc(C)nc2c(OCc3c(Cl)cncc3CNS(C)(=O)=O)cccc12. The molecule has 0 aliphatic heterocycles. The van der Waals surface area contributed by atoms with Gasteiger partial charge in [0, 0.05) is 48.0 Å². The Labute approximate surface area is 193 Å². The molecule has 1 aromatic carbocycles. The van der Waals surface area contributed by atoms with Crippen molar-refractivity contribution in [3.05, 3.63) is 83.6 Å². The number of benzene rings is 1. The lowest BCUT2D eigenvalue weighted by Gasteiger charge is -2.19. The number of hydrogen-bond donors (Lipinski definition) is 1. The van der Waals surface area contributed by atoms with Crippen LogP contribution >= 0.6 is 11.6 Å². The number of pyridine rings is 2. The number of anilines is 1. The van der Waals surface area contributed by atoms with Crippen molar-refractivity contribution < 1.29 is 13.2 Å². The van der Waals surface area contributed by atoms with E-state index in [4.69, 9.17) is 21.3 Å². The monoisotopic (exact) mass is 472 g/mol. The van der Waals surface area contributed by atoms with E-state index in [0.717, 1.165) is 23.0 Å². The fourth-order valence-corrected chi connectivity index (χ4v) is 3.88. The van der Waals surface area contributed by atoms with Crippen molar-refractivity contribution >= 4 is 38.2 Å². The van der Waals surface area contributed by atoms with Crippen LogP contribution < -0.4 is 14.4 Å². The van der Waals surface area contributed by atoms with Crippen LogP contribution in [0.5, 0.6) is 5.75 Å². The van der Waals surface area contributed by atoms with Crippen molar-refractivity contribution in [3.63, 3.8) is 0 Å². The number of halogens is 1. The maximum Gasteiger partial charge on any atom is 0.209 e. The Morgan fingerprint density at radius 1 is 1.31 bits per heavy atom. The van der Waals surface area contributed by atoms with Gasteiger partial charge in [-0.2, -0.15) is 0 Å². The zero-order chi connectivity index (χ0) is 23.3. The Kier molecular flexibility index (Phi) is 7.50. The Hall–Kier alpha value is -2.94. The second-order valence-electron chi connectivity index (χ2n) is 7.15. The van der Waals surface area contributed by atoms with E-state index in [1.807, 2.05) is 55.3 Å². The fraction of sp³-hybridized carbons (Fsp3) is 0.217. The number of fused-ring (bicyclic) bond motifs is 1. The average Bonchev–Trinajstić information content (AvgIpc) is 2.74. The number of sulfonamides is 1.